The van der Waals surface area contributed by atoms with Crippen LogP contribution < -0.4 is 5.73 Å². The van der Waals surface area contributed by atoms with Gasteiger partial charge in [-0.1, -0.05) is 72.1 Å². The fraction of sp³-hybridized carbons (Fsp3) is 1.00. The van der Waals surface area contributed by atoms with E-state index in [0.29, 0.717) is 5.92 Å². The molecule has 0 aliphatic rings. The first-order valence-corrected chi connectivity index (χ1v) is 11.0. The Balaban J connectivity index is 3.59. The lowest BCUT2D eigenvalue weighted by Gasteiger charge is -2.18. The molecule has 0 fully saturated rings. The number of rotatable bonds is 17. The molecule has 4 N–H and O–H groups in total. The number of aliphatic hydroxyl groups is 2. The Morgan fingerprint density at radius 3 is 1.80 bits per heavy atom. The lowest BCUT2D eigenvalue weighted by atomic mass is 9.91. The van der Waals surface area contributed by atoms with Crippen molar-refractivity contribution >= 4 is 0 Å². The van der Waals surface area contributed by atoms with Gasteiger partial charge in [0, 0.05) is 6.04 Å². The van der Waals surface area contributed by atoms with Crippen LogP contribution in [-0.4, -0.2) is 28.5 Å². The van der Waals surface area contributed by atoms with Gasteiger partial charge in [0.05, 0.1) is 12.2 Å². The van der Waals surface area contributed by atoms with Crippen molar-refractivity contribution in [3.05, 3.63) is 0 Å². The predicted octanol–water partition coefficient (Wildman–Crippen LogP) is 5.42. The topological polar surface area (TPSA) is 66.5 Å². The highest BCUT2D eigenvalue weighted by Gasteiger charge is 2.12. The van der Waals surface area contributed by atoms with Gasteiger partial charge in [0.15, 0.2) is 0 Å². The third-order valence-electron chi connectivity index (χ3n) is 5.40. The molecule has 0 aliphatic heterocycles. The maximum absolute atomic E-state index is 10.2. The van der Waals surface area contributed by atoms with Crippen molar-refractivity contribution in [3.63, 3.8) is 0 Å². The summed E-state index contributed by atoms with van der Waals surface area (Å²) in [6.07, 6.45) is 13.8. The minimum Gasteiger partial charge on any atom is -0.393 e. The molecule has 0 saturated heterocycles. The standard InChI is InChI=1S/C22H47NO2/c1-5-6-10-18(2)11-9-12-19(3)17-22(25)14-8-7-13-21(24)16-15-20(4)23/h18-22,24-25H,5-17,23H2,1-4H3. The van der Waals surface area contributed by atoms with E-state index in [1.165, 1.54) is 38.5 Å². The smallest absolute Gasteiger partial charge is 0.0542 e. The monoisotopic (exact) mass is 357 g/mol. The van der Waals surface area contributed by atoms with Gasteiger partial charge < -0.3 is 15.9 Å². The number of hydrogen-bond donors (Lipinski definition) is 3. The lowest BCUT2D eigenvalue weighted by molar-refractivity contribution is 0.121. The summed E-state index contributed by atoms with van der Waals surface area (Å²) in [6.45, 7) is 8.89. The van der Waals surface area contributed by atoms with Crippen LogP contribution in [0.3, 0.4) is 0 Å². The Hall–Kier alpha value is -0.120. The highest BCUT2D eigenvalue weighted by molar-refractivity contribution is 4.65. The summed E-state index contributed by atoms with van der Waals surface area (Å²) >= 11 is 0. The van der Waals surface area contributed by atoms with Crippen molar-refractivity contribution in [1.29, 1.82) is 0 Å². The maximum Gasteiger partial charge on any atom is 0.0542 e. The Bertz CT molecular complexity index is 283. The first kappa shape index (κ1) is 24.9. The van der Waals surface area contributed by atoms with Crippen LogP contribution in [0.15, 0.2) is 0 Å². The molecule has 0 aliphatic carbocycles. The molecule has 0 rings (SSSR count). The SMILES string of the molecule is CCCCC(C)CCCC(C)CC(O)CCCCC(O)CCC(C)N. The Morgan fingerprint density at radius 2 is 1.20 bits per heavy atom. The molecule has 5 unspecified atom stereocenters. The predicted molar refractivity (Wildman–Crippen MR) is 110 cm³/mol. The average Bonchev–Trinajstić information content (AvgIpc) is 2.54. The Kier molecular flexibility index (Phi) is 16.0. The summed E-state index contributed by atoms with van der Waals surface area (Å²) in [5.74, 6) is 1.47. The fourth-order valence-corrected chi connectivity index (χ4v) is 3.57. The van der Waals surface area contributed by atoms with Gasteiger partial charge in [-0.15, -0.1) is 0 Å². The third kappa shape index (κ3) is 17.1. The molecule has 0 aromatic rings. The molecule has 0 spiro atoms. The highest BCUT2D eigenvalue weighted by Crippen LogP contribution is 2.21. The summed E-state index contributed by atoms with van der Waals surface area (Å²) in [7, 11) is 0. The van der Waals surface area contributed by atoms with Crippen LogP contribution in [0.25, 0.3) is 0 Å². The summed E-state index contributed by atoms with van der Waals surface area (Å²) in [5.41, 5.74) is 5.71. The minimum atomic E-state index is -0.225. The van der Waals surface area contributed by atoms with E-state index < -0.39 is 0 Å². The van der Waals surface area contributed by atoms with Crippen LogP contribution in [0.1, 0.15) is 111 Å². The van der Waals surface area contributed by atoms with Gasteiger partial charge in [-0.2, -0.15) is 0 Å². The molecule has 0 saturated carbocycles. The number of aliphatic hydroxyl groups excluding tert-OH is 2. The van der Waals surface area contributed by atoms with Crippen LogP contribution in [0.5, 0.6) is 0 Å². The van der Waals surface area contributed by atoms with Crippen LogP contribution in [-0.2, 0) is 0 Å². The molecule has 0 amide bonds. The quantitative estimate of drug-likeness (QED) is 0.305. The van der Waals surface area contributed by atoms with Gasteiger partial charge in [-0.3, -0.25) is 0 Å². The van der Waals surface area contributed by atoms with E-state index in [2.05, 4.69) is 20.8 Å². The Morgan fingerprint density at radius 1 is 0.640 bits per heavy atom. The first-order chi connectivity index (χ1) is 11.8. The van der Waals surface area contributed by atoms with E-state index in [1.807, 2.05) is 6.92 Å². The van der Waals surface area contributed by atoms with E-state index in [9.17, 15) is 10.2 Å². The van der Waals surface area contributed by atoms with Gasteiger partial charge in [0.1, 0.15) is 0 Å². The molecule has 0 radical (unpaired) electrons. The van der Waals surface area contributed by atoms with Crippen molar-refractivity contribution in [3.8, 4) is 0 Å². The molecule has 3 nitrogen and oxygen atoms in total. The summed E-state index contributed by atoms with van der Waals surface area (Å²) in [4.78, 5) is 0. The zero-order chi connectivity index (χ0) is 19.1. The van der Waals surface area contributed by atoms with Gasteiger partial charge in [0.2, 0.25) is 0 Å². The lowest BCUT2D eigenvalue weighted by Crippen LogP contribution is -2.18. The number of unbranched alkanes of at least 4 members (excludes halogenated alkanes) is 2. The number of nitrogens with two attached hydrogens (primary N) is 1. The summed E-state index contributed by atoms with van der Waals surface area (Å²) in [6, 6.07) is 0.174. The number of hydrogen-bond acceptors (Lipinski definition) is 3. The molecule has 0 aromatic heterocycles. The second kappa shape index (κ2) is 16.1. The third-order valence-corrected chi connectivity index (χ3v) is 5.40. The zero-order valence-electron chi connectivity index (χ0n) is 17.6. The zero-order valence-corrected chi connectivity index (χ0v) is 17.6. The second-order valence-electron chi connectivity index (χ2n) is 8.67. The van der Waals surface area contributed by atoms with Crippen molar-refractivity contribution in [1.82, 2.24) is 0 Å². The summed E-state index contributed by atoms with van der Waals surface area (Å²) in [5, 5.41) is 20.1. The van der Waals surface area contributed by atoms with Gasteiger partial charge in [0.25, 0.3) is 0 Å². The van der Waals surface area contributed by atoms with E-state index in [4.69, 9.17) is 5.73 Å². The minimum absolute atomic E-state index is 0.172. The van der Waals surface area contributed by atoms with E-state index in [1.54, 1.807) is 0 Å². The van der Waals surface area contributed by atoms with Crippen LogP contribution in [0.2, 0.25) is 0 Å². The van der Waals surface area contributed by atoms with E-state index in [0.717, 1.165) is 50.9 Å². The van der Waals surface area contributed by atoms with Crippen LogP contribution in [0.4, 0.5) is 0 Å². The molecular formula is C22H47NO2. The van der Waals surface area contributed by atoms with Gasteiger partial charge in [-0.05, 0) is 50.9 Å². The first-order valence-electron chi connectivity index (χ1n) is 11.0. The molecule has 3 heteroatoms. The van der Waals surface area contributed by atoms with Gasteiger partial charge in [-0.25, -0.2) is 0 Å². The molecule has 152 valence electrons. The normalized spacial score (nSPS) is 17.9. The van der Waals surface area contributed by atoms with Crippen molar-refractivity contribution in [2.24, 2.45) is 17.6 Å². The average molecular weight is 358 g/mol. The van der Waals surface area contributed by atoms with Gasteiger partial charge >= 0.3 is 0 Å². The molecule has 5 atom stereocenters. The molecule has 25 heavy (non-hydrogen) atoms. The van der Waals surface area contributed by atoms with Crippen molar-refractivity contribution in [2.45, 2.75) is 129 Å². The van der Waals surface area contributed by atoms with E-state index >= 15 is 0 Å². The van der Waals surface area contributed by atoms with Crippen LogP contribution in [0, 0.1) is 11.8 Å². The maximum atomic E-state index is 10.2. The van der Waals surface area contributed by atoms with E-state index in [-0.39, 0.29) is 18.2 Å². The van der Waals surface area contributed by atoms with Crippen molar-refractivity contribution < 1.29 is 10.2 Å². The van der Waals surface area contributed by atoms with Crippen LogP contribution >= 0.6 is 0 Å². The molecule has 0 bridgehead atoms. The Labute approximate surface area is 157 Å². The molecular weight excluding hydrogens is 310 g/mol. The van der Waals surface area contributed by atoms with Crippen molar-refractivity contribution in [2.75, 3.05) is 0 Å². The summed E-state index contributed by atoms with van der Waals surface area (Å²) < 4.78 is 0. The molecule has 0 heterocycles. The largest absolute Gasteiger partial charge is 0.393 e. The fourth-order valence-electron chi connectivity index (χ4n) is 3.57. The highest BCUT2D eigenvalue weighted by atomic mass is 16.3. The molecule has 0 aromatic carbocycles. The second-order valence-corrected chi connectivity index (χ2v) is 8.67.